The molecule has 0 aliphatic rings. The third kappa shape index (κ3) is 8.72. The number of quaternary nitrogens is 1. The SMILES string of the molecule is CC[N+](CC)(CC)CCOC(=O)c1cc(OC)c(OC)c(OC)c1.Cc1ccc(S(=O)(=O)[O-])cc1. The predicted octanol–water partition coefficient (Wildman–Crippen LogP) is 3.64. The summed E-state index contributed by atoms with van der Waals surface area (Å²) in [4.78, 5) is 12.2. The number of carbonyl (C=O) groups excluding carboxylic acids is 1. The van der Waals surface area contributed by atoms with Crippen molar-refractivity contribution < 1.29 is 41.2 Å². The van der Waals surface area contributed by atoms with Crippen LogP contribution >= 0.6 is 0 Å². The van der Waals surface area contributed by atoms with Crippen LogP contribution in [-0.2, 0) is 14.9 Å². The number of aryl methyl sites for hydroxylation is 1. The molecule has 0 spiro atoms. The average Bonchev–Trinajstić information content (AvgIpc) is 2.86. The minimum atomic E-state index is -4.27. The van der Waals surface area contributed by atoms with Crippen LogP contribution in [0.5, 0.6) is 17.2 Å². The first kappa shape index (κ1) is 30.2. The molecule has 0 heterocycles. The molecular formula is C25H37NO8S. The molecule has 0 amide bonds. The van der Waals surface area contributed by atoms with E-state index in [1.54, 1.807) is 24.3 Å². The molecule has 2 rings (SSSR count). The Bertz CT molecular complexity index is 1010. The first-order chi connectivity index (χ1) is 16.5. The number of methoxy groups -OCH3 is 3. The molecule has 0 radical (unpaired) electrons. The number of benzene rings is 2. The Morgan fingerprint density at radius 3 is 1.74 bits per heavy atom. The molecule has 196 valence electrons. The molecule has 0 N–H and O–H groups in total. The Morgan fingerprint density at radius 2 is 1.37 bits per heavy atom. The molecule has 0 saturated carbocycles. The number of hydrogen-bond acceptors (Lipinski definition) is 8. The molecule has 0 aromatic heterocycles. The summed E-state index contributed by atoms with van der Waals surface area (Å²) < 4.78 is 53.3. The van der Waals surface area contributed by atoms with Gasteiger partial charge >= 0.3 is 5.97 Å². The Hall–Kier alpha value is -2.82. The van der Waals surface area contributed by atoms with Crippen molar-refractivity contribution >= 4 is 16.1 Å². The van der Waals surface area contributed by atoms with E-state index in [1.807, 2.05) is 6.92 Å². The highest BCUT2D eigenvalue weighted by Crippen LogP contribution is 2.38. The van der Waals surface area contributed by atoms with E-state index in [0.29, 0.717) is 29.4 Å². The quantitative estimate of drug-likeness (QED) is 0.255. The number of rotatable bonds is 11. The highest BCUT2D eigenvalue weighted by atomic mass is 32.2. The predicted molar refractivity (Wildman–Crippen MR) is 132 cm³/mol. The van der Waals surface area contributed by atoms with Crippen LogP contribution in [0.25, 0.3) is 0 Å². The fourth-order valence-corrected chi connectivity index (χ4v) is 3.93. The van der Waals surface area contributed by atoms with Crippen molar-refractivity contribution in [2.24, 2.45) is 0 Å². The lowest BCUT2D eigenvalue weighted by molar-refractivity contribution is -0.923. The lowest BCUT2D eigenvalue weighted by Crippen LogP contribution is -2.49. The summed E-state index contributed by atoms with van der Waals surface area (Å²) in [5, 5.41) is 0. The normalized spacial score (nSPS) is 11.2. The second kappa shape index (κ2) is 13.9. The van der Waals surface area contributed by atoms with E-state index in [4.69, 9.17) is 18.9 Å². The van der Waals surface area contributed by atoms with E-state index in [1.165, 1.54) is 33.5 Å². The Morgan fingerprint density at radius 1 is 0.886 bits per heavy atom. The maximum Gasteiger partial charge on any atom is 0.338 e. The van der Waals surface area contributed by atoms with Crippen LogP contribution in [-0.4, -0.2) is 77.5 Å². The molecular weight excluding hydrogens is 474 g/mol. The summed E-state index contributed by atoms with van der Waals surface area (Å²) in [6, 6.07) is 8.99. The van der Waals surface area contributed by atoms with Crippen molar-refractivity contribution in [3.8, 4) is 17.2 Å². The molecule has 0 bridgehead atoms. The number of likely N-dealkylation sites (N-methyl/N-ethyl adjacent to an activating group) is 1. The maximum atomic E-state index is 12.4. The molecule has 10 heteroatoms. The van der Waals surface area contributed by atoms with Crippen molar-refractivity contribution in [1.29, 1.82) is 0 Å². The van der Waals surface area contributed by atoms with E-state index in [2.05, 4.69) is 20.8 Å². The topological polar surface area (TPSA) is 111 Å². The smallest absolute Gasteiger partial charge is 0.338 e. The zero-order valence-corrected chi connectivity index (χ0v) is 22.4. The minimum absolute atomic E-state index is 0.178. The molecule has 0 unspecified atom stereocenters. The third-order valence-electron chi connectivity index (χ3n) is 6.02. The molecule has 2 aromatic carbocycles. The number of carbonyl (C=O) groups is 1. The summed E-state index contributed by atoms with van der Waals surface area (Å²) in [5.74, 6) is 0.931. The van der Waals surface area contributed by atoms with Gasteiger partial charge in [-0.2, -0.15) is 0 Å². The molecule has 0 aliphatic carbocycles. The van der Waals surface area contributed by atoms with E-state index in [9.17, 15) is 17.8 Å². The van der Waals surface area contributed by atoms with Gasteiger partial charge in [-0.25, -0.2) is 13.2 Å². The van der Waals surface area contributed by atoms with Crippen LogP contribution in [0.4, 0.5) is 0 Å². The van der Waals surface area contributed by atoms with Crippen LogP contribution in [0.15, 0.2) is 41.3 Å². The molecule has 9 nitrogen and oxygen atoms in total. The van der Waals surface area contributed by atoms with Gasteiger partial charge in [0, 0.05) is 0 Å². The zero-order valence-electron chi connectivity index (χ0n) is 21.6. The van der Waals surface area contributed by atoms with Crippen LogP contribution in [0, 0.1) is 6.92 Å². The Kier molecular flexibility index (Phi) is 12.0. The van der Waals surface area contributed by atoms with Crippen molar-refractivity contribution in [1.82, 2.24) is 0 Å². The van der Waals surface area contributed by atoms with E-state index < -0.39 is 16.1 Å². The van der Waals surface area contributed by atoms with Crippen molar-refractivity contribution in [2.75, 3.05) is 54.1 Å². The highest BCUT2D eigenvalue weighted by Gasteiger charge is 2.22. The van der Waals surface area contributed by atoms with Gasteiger partial charge in [-0.1, -0.05) is 17.7 Å². The molecule has 2 aromatic rings. The van der Waals surface area contributed by atoms with Crippen LogP contribution < -0.4 is 14.2 Å². The molecule has 0 fully saturated rings. The standard InChI is InChI=1S/C18H30NO5.C7H8O3S/c1-7-19(8-2,9-3)10-11-24-18(20)14-12-15(21-4)17(23-6)16(13-14)22-5;1-6-2-4-7(5-3-6)11(8,9)10/h12-13H,7-11H2,1-6H3;2-5H,1H3,(H,8,9,10)/q+1;/p-1. The summed E-state index contributed by atoms with van der Waals surface area (Å²) in [6.07, 6.45) is 0. The number of ether oxygens (including phenoxy) is 4. The summed E-state index contributed by atoms with van der Waals surface area (Å²) in [6.45, 7) is 12.6. The van der Waals surface area contributed by atoms with Crippen molar-refractivity contribution in [2.45, 2.75) is 32.6 Å². The van der Waals surface area contributed by atoms with Gasteiger partial charge in [-0.3, -0.25) is 0 Å². The summed E-state index contributed by atoms with van der Waals surface area (Å²) in [5.41, 5.74) is 1.31. The minimum Gasteiger partial charge on any atom is -0.744 e. The van der Waals surface area contributed by atoms with Gasteiger partial charge in [0.05, 0.1) is 51.4 Å². The summed E-state index contributed by atoms with van der Waals surface area (Å²) >= 11 is 0. The van der Waals surface area contributed by atoms with Gasteiger partial charge < -0.3 is 28.0 Å². The first-order valence-electron chi connectivity index (χ1n) is 11.4. The number of nitrogens with zero attached hydrogens (tertiary/aromatic N) is 1. The lowest BCUT2D eigenvalue weighted by atomic mass is 10.2. The van der Waals surface area contributed by atoms with E-state index >= 15 is 0 Å². The fourth-order valence-electron chi connectivity index (χ4n) is 3.46. The fraction of sp³-hybridized carbons (Fsp3) is 0.480. The van der Waals surface area contributed by atoms with Crippen LogP contribution in [0.2, 0.25) is 0 Å². The van der Waals surface area contributed by atoms with Gasteiger partial charge in [-0.05, 0) is 52.0 Å². The lowest BCUT2D eigenvalue weighted by Gasteiger charge is -2.35. The van der Waals surface area contributed by atoms with Gasteiger partial charge in [0.1, 0.15) is 23.3 Å². The monoisotopic (exact) mass is 511 g/mol. The largest absolute Gasteiger partial charge is 0.744 e. The third-order valence-corrected chi connectivity index (χ3v) is 6.87. The second-order valence-corrected chi connectivity index (χ2v) is 9.21. The second-order valence-electron chi connectivity index (χ2n) is 7.83. The van der Waals surface area contributed by atoms with Gasteiger partial charge in [0.15, 0.2) is 11.5 Å². The Balaban J connectivity index is 0.000000462. The number of hydrogen-bond donors (Lipinski definition) is 0. The van der Waals surface area contributed by atoms with Crippen molar-refractivity contribution in [3.05, 3.63) is 47.5 Å². The zero-order chi connectivity index (χ0) is 26.6. The Labute approximate surface area is 208 Å². The van der Waals surface area contributed by atoms with Gasteiger partial charge in [0.2, 0.25) is 5.75 Å². The van der Waals surface area contributed by atoms with Crippen LogP contribution in [0.1, 0.15) is 36.7 Å². The summed E-state index contributed by atoms with van der Waals surface area (Å²) in [7, 11) is 0.286. The van der Waals surface area contributed by atoms with E-state index in [0.717, 1.165) is 36.2 Å². The molecule has 0 aliphatic heterocycles. The van der Waals surface area contributed by atoms with E-state index in [-0.39, 0.29) is 4.90 Å². The van der Waals surface area contributed by atoms with Crippen LogP contribution in [0.3, 0.4) is 0 Å². The van der Waals surface area contributed by atoms with Gasteiger partial charge in [-0.15, -0.1) is 0 Å². The molecule has 0 saturated heterocycles. The molecule has 35 heavy (non-hydrogen) atoms. The molecule has 0 atom stereocenters. The number of esters is 1. The first-order valence-corrected chi connectivity index (χ1v) is 12.8. The van der Waals surface area contributed by atoms with Gasteiger partial charge in [0.25, 0.3) is 0 Å². The maximum absolute atomic E-state index is 12.4. The highest BCUT2D eigenvalue weighted by molar-refractivity contribution is 7.85. The average molecular weight is 512 g/mol. The van der Waals surface area contributed by atoms with Crippen molar-refractivity contribution in [3.63, 3.8) is 0 Å².